The lowest BCUT2D eigenvalue weighted by Gasteiger charge is -2.15. The van der Waals surface area contributed by atoms with Crippen molar-refractivity contribution in [3.8, 4) is 0 Å². The summed E-state index contributed by atoms with van der Waals surface area (Å²) in [5, 5.41) is 6.31. The molecular weight excluding hydrogens is 232 g/mol. The van der Waals surface area contributed by atoms with Gasteiger partial charge in [-0.2, -0.15) is 0 Å². The summed E-state index contributed by atoms with van der Waals surface area (Å²) in [6, 6.07) is 0. The largest absolute Gasteiger partial charge is 0.447 e. The first kappa shape index (κ1) is 11.7. The van der Waals surface area contributed by atoms with Crippen molar-refractivity contribution < 1.29 is 9.21 Å². The van der Waals surface area contributed by atoms with Crippen LogP contribution in [0.15, 0.2) is 10.7 Å². The number of carbonyl (C=O) groups excluding carboxylic acids is 1. The Bertz CT molecular complexity index is 433. The van der Waals surface area contributed by atoms with Crippen LogP contribution in [0.4, 0.5) is 0 Å². The minimum Gasteiger partial charge on any atom is -0.447 e. The van der Waals surface area contributed by atoms with Gasteiger partial charge in [0.1, 0.15) is 6.26 Å². The van der Waals surface area contributed by atoms with E-state index in [0.29, 0.717) is 30.0 Å². The number of amides is 1. The molecule has 3 heterocycles. The Morgan fingerprint density at radius 1 is 1.56 bits per heavy atom. The first-order valence-corrected chi connectivity index (χ1v) is 6.37. The van der Waals surface area contributed by atoms with E-state index in [2.05, 4.69) is 15.6 Å². The Kier molecular flexibility index (Phi) is 3.05. The van der Waals surface area contributed by atoms with Crippen LogP contribution in [0.3, 0.4) is 0 Å². The molecule has 2 aliphatic heterocycles. The average Bonchev–Trinajstić information content (AvgIpc) is 3.02. The zero-order chi connectivity index (χ0) is 12.5. The molecule has 98 valence electrons. The zero-order valence-electron chi connectivity index (χ0n) is 10.5. The quantitative estimate of drug-likeness (QED) is 0.770. The van der Waals surface area contributed by atoms with E-state index >= 15 is 0 Å². The molecule has 2 aliphatic rings. The van der Waals surface area contributed by atoms with Crippen molar-refractivity contribution in [3.63, 3.8) is 0 Å². The highest BCUT2D eigenvalue weighted by Gasteiger charge is 2.38. The van der Waals surface area contributed by atoms with Crippen LogP contribution in [0, 0.1) is 11.8 Å². The summed E-state index contributed by atoms with van der Waals surface area (Å²) in [7, 11) is 1.82. The molecule has 1 aromatic heterocycles. The van der Waals surface area contributed by atoms with E-state index in [9.17, 15) is 4.79 Å². The average molecular weight is 250 g/mol. The number of hydrogen-bond donors (Lipinski definition) is 2. The van der Waals surface area contributed by atoms with E-state index in [4.69, 9.17) is 4.42 Å². The first-order chi connectivity index (χ1) is 8.78. The van der Waals surface area contributed by atoms with Gasteiger partial charge in [-0.1, -0.05) is 0 Å². The van der Waals surface area contributed by atoms with Gasteiger partial charge in [0.15, 0.2) is 5.69 Å². The van der Waals surface area contributed by atoms with Crippen molar-refractivity contribution in [2.24, 2.45) is 11.8 Å². The smallest absolute Gasteiger partial charge is 0.275 e. The molecule has 1 aromatic rings. The maximum Gasteiger partial charge on any atom is 0.275 e. The van der Waals surface area contributed by atoms with E-state index in [1.54, 1.807) is 0 Å². The lowest BCUT2D eigenvalue weighted by molar-refractivity contribution is 0.0776. The molecule has 0 bridgehead atoms. The van der Waals surface area contributed by atoms with Gasteiger partial charge in [-0.15, -0.1) is 0 Å². The second-order valence-electron chi connectivity index (χ2n) is 5.05. The van der Waals surface area contributed by atoms with E-state index in [1.165, 1.54) is 6.26 Å². The fourth-order valence-corrected chi connectivity index (χ4v) is 2.82. The molecule has 1 amide bonds. The Morgan fingerprint density at radius 2 is 2.28 bits per heavy atom. The number of hydrogen-bond acceptors (Lipinski definition) is 5. The molecule has 0 aromatic carbocycles. The molecule has 2 N–H and O–H groups in total. The van der Waals surface area contributed by atoms with Gasteiger partial charge in [0, 0.05) is 26.2 Å². The van der Waals surface area contributed by atoms with Crippen LogP contribution in [-0.4, -0.2) is 49.0 Å². The summed E-state index contributed by atoms with van der Waals surface area (Å²) in [5.74, 6) is 1.77. The van der Waals surface area contributed by atoms with Crippen LogP contribution < -0.4 is 10.6 Å². The van der Waals surface area contributed by atoms with E-state index < -0.39 is 0 Å². The number of oxazole rings is 1. The zero-order valence-corrected chi connectivity index (χ0v) is 10.5. The molecule has 3 rings (SSSR count). The summed E-state index contributed by atoms with van der Waals surface area (Å²) in [4.78, 5) is 18.4. The first-order valence-electron chi connectivity index (χ1n) is 6.37. The maximum atomic E-state index is 12.3. The van der Waals surface area contributed by atoms with Gasteiger partial charge in [0.25, 0.3) is 5.91 Å². The SMILES string of the molecule is CNCc1nc(C(=O)N2CC3CNCC3C2)co1. The van der Waals surface area contributed by atoms with E-state index in [0.717, 1.165) is 26.2 Å². The van der Waals surface area contributed by atoms with Crippen LogP contribution in [0.5, 0.6) is 0 Å². The minimum absolute atomic E-state index is 0.00416. The molecule has 2 saturated heterocycles. The Balaban J connectivity index is 1.67. The number of rotatable bonds is 3. The van der Waals surface area contributed by atoms with Gasteiger partial charge in [-0.3, -0.25) is 4.79 Å². The molecule has 0 radical (unpaired) electrons. The molecular formula is C12H18N4O2. The van der Waals surface area contributed by atoms with Crippen LogP contribution in [0.1, 0.15) is 16.4 Å². The number of carbonyl (C=O) groups is 1. The van der Waals surface area contributed by atoms with Crippen molar-refractivity contribution in [1.82, 2.24) is 20.5 Å². The monoisotopic (exact) mass is 250 g/mol. The van der Waals surface area contributed by atoms with Crippen molar-refractivity contribution in [2.75, 3.05) is 33.2 Å². The Hall–Kier alpha value is -1.40. The maximum absolute atomic E-state index is 12.3. The molecule has 2 fully saturated rings. The number of nitrogens with zero attached hydrogens (tertiary/aromatic N) is 2. The topological polar surface area (TPSA) is 70.4 Å². The van der Waals surface area contributed by atoms with Gasteiger partial charge in [-0.25, -0.2) is 4.98 Å². The summed E-state index contributed by atoms with van der Waals surface area (Å²) in [6.45, 7) is 4.27. The molecule has 2 atom stereocenters. The van der Waals surface area contributed by atoms with Gasteiger partial charge in [0.05, 0.1) is 6.54 Å². The number of aromatic nitrogens is 1. The van der Waals surface area contributed by atoms with Crippen molar-refractivity contribution in [2.45, 2.75) is 6.54 Å². The van der Waals surface area contributed by atoms with E-state index in [1.807, 2.05) is 11.9 Å². The summed E-state index contributed by atoms with van der Waals surface area (Å²) >= 11 is 0. The van der Waals surface area contributed by atoms with Gasteiger partial charge in [0.2, 0.25) is 5.89 Å². The van der Waals surface area contributed by atoms with Crippen molar-refractivity contribution >= 4 is 5.91 Å². The lowest BCUT2D eigenvalue weighted by atomic mass is 10.0. The normalized spacial score (nSPS) is 26.6. The molecule has 6 nitrogen and oxygen atoms in total. The third-order valence-electron chi connectivity index (χ3n) is 3.78. The molecule has 0 saturated carbocycles. The van der Waals surface area contributed by atoms with E-state index in [-0.39, 0.29) is 5.91 Å². The van der Waals surface area contributed by atoms with Crippen LogP contribution in [0.25, 0.3) is 0 Å². The highest BCUT2D eigenvalue weighted by molar-refractivity contribution is 5.92. The van der Waals surface area contributed by atoms with Crippen molar-refractivity contribution in [3.05, 3.63) is 17.8 Å². The summed E-state index contributed by atoms with van der Waals surface area (Å²) < 4.78 is 5.25. The minimum atomic E-state index is -0.00416. The third kappa shape index (κ3) is 2.02. The number of nitrogens with one attached hydrogen (secondary N) is 2. The number of fused-ring (bicyclic) bond motifs is 1. The Labute approximate surface area is 106 Å². The second kappa shape index (κ2) is 4.70. The van der Waals surface area contributed by atoms with Gasteiger partial charge < -0.3 is 20.0 Å². The van der Waals surface area contributed by atoms with Crippen LogP contribution >= 0.6 is 0 Å². The predicted molar refractivity (Wildman–Crippen MR) is 65.0 cm³/mol. The predicted octanol–water partition coefficient (Wildman–Crippen LogP) is -0.315. The molecule has 2 unspecified atom stereocenters. The fourth-order valence-electron chi connectivity index (χ4n) is 2.82. The lowest BCUT2D eigenvalue weighted by Crippen LogP contribution is -2.32. The van der Waals surface area contributed by atoms with Crippen LogP contribution in [0.2, 0.25) is 0 Å². The number of likely N-dealkylation sites (tertiary alicyclic amines) is 1. The second-order valence-corrected chi connectivity index (χ2v) is 5.05. The standard InChI is InChI=1S/C12H18N4O2/c1-13-4-11-15-10(7-18-11)12(17)16-5-8-2-14-3-9(8)6-16/h7-9,13-14H,2-6H2,1H3. The summed E-state index contributed by atoms with van der Waals surface area (Å²) in [6.07, 6.45) is 1.46. The third-order valence-corrected chi connectivity index (χ3v) is 3.78. The Morgan fingerprint density at radius 3 is 2.94 bits per heavy atom. The molecule has 18 heavy (non-hydrogen) atoms. The van der Waals surface area contributed by atoms with Crippen molar-refractivity contribution in [1.29, 1.82) is 0 Å². The van der Waals surface area contributed by atoms with Crippen LogP contribution in [-0.2, 0) is 6.54 Å². The van der Waals surface area contributed by atoms with Gasteiger partial charge in [-0.05, 0) is 18.9 Å². The highest BCUT2D eigenvalue weighted by Crippen LogP contribution is 2.27. The summed E-state index contributed by atoms with van der Waals surface area (Å²) in [5.41, 5.74) is 0.424. The highest BCUT2D eigenvalue weighted by atomic mass is 16.3. The molecule has 6 heteroatoms. The fraction of sp³-hybridized carbons (Fsp3) is 0.667. The molecule has 0 spiro atoms. The van der Waals surface area contributed by atoms with Gasteiger partial charge >= 0.3 is 0 Å². The molecule has 0 aliphatic carbocycles.